The van der Waals surface area contributed by atoms with Crippen molar-refractivity contribution in [1.29, 1.82) is 0 Å². The number of amides is 1. The summed E-state index contributed by atoms with van der Waals surface area (Å²) in [5.41, 5.74) is 4.26. The second kappa shape index (κ2) is 5.98. The molecule has 1 saturated heterocycles. The van der Waals surface area contributed by atoms with Crippen LogP contribution in [0.3, 0.4) is 0 Å². The fourth-order valence-corrected chi connectivity index (χ4v) is 2.47. The predicted octanol–water partition coefficient (Wildman–Crippen LogP) is 1.43. The Morgan fingerprint density at radius 2 is 1.72 bits per heavy atom. The van der Waals surface area contributed by atoms with Gasteiger partial charge in [0.25, 0.3) is 6.09 Å². The average Bonchev–Trinajstić information content (AvgIpc) is 2.64. The molecule has 1 N–H and O–H groups in total. The van der Waals surface area contributed by atoms with Crippen molar-refractivity contribution in [3.63, 3.8) is 0 Å². The molecule has 1 fully saturated rings. The number of hydrogen-bond acceptors (Lipinski definition) is 3. The van der Waals surface area contributed by atoms with E-state index >= 15 is 0 Å². The van der Waals surface area contributed by atoms with E-state index in [-0.39, 0.29) is 4.59 Å². The smallest absolute Gasteiger partial charge is 0.277 e. The molecule has 0 radical (unpaired) electrons. The Hall–Kier alpha value is -1.39. The van der Waals surface area contributed by atoms with Gasteiger partial charge < -0.3 is 9.90 Å². The Morgan fingerprint density at radius 1 is 1.11 bits per heavy atom. The van der Waals surface area contributed by atoms with E-state index in [0.29, 0.717) is 19.6 Å². The highest BCUT2D eigenvalue weighted by atomic mass is 16.4. The molecule has 4 heteroatoms. The molecule has 1 aliphatic heterocycles. The number of carbonyl (C=O) groups is 1. The van der Waals surface area contributed by atoms with Crippen LogP contribution in [0.5, 0.6) is 0 Å². The van der Waals surface area contributed by atoms with Crippen LogP contribution in [0.25, 0.3) is 0 Å². The number of carboxylic acid groups (broad SMARTS) is 1. The first-order valence-corrected chi connectivity index (χ1v) is 6.61. The topological polar surface area (TPSA) is 52.2 Å². The molecule has 1 aliphatic rings. The number of likely N-dealkylation sites (tertiary alicyclic amines) is 1. The summed E-state index contributed by atoms with van der Waals surface area (Å²) in [5.74, 6) is 0. The lowest BCUT2D eigenvalue weighted by Gasteiger charge is -2.36. The maximum absolute atomic E-state index is 11.4. The molecule has 1 amide bonds. The Balaban J connectivity index is 2.04. The lowest BCUT2D eigenvalue weighted by Crippen LogP contribution is -2.66. The number of benzene rings is 1. The van der Waals surface area contributed by atoms with E-state index in [1.165, 1.54) is 0 Å². The molecule has 0 spiro atoms. The number of quaternary nitrogens is 1. The van der Waals surface area contributed by atoms with Crippen LogP contribution in [-0.2, 0) is 6.54 Å². The lowest BCUT2D eigenvalue weighted by molar-refractivity contribution is -0.918. The predicted molar refractivity (Wildman–Crippen MR) is 67.1 cm³/mol. The SMILES string of the molecule is O=C([O-])[N+]1(NCc2ccccc2)CCCCCC1. The molecule has 0 aromatic heterocycles. The first-order chi connectivity index (χ1) is 8.73. The fourth-order valence-electron chi connectivity index (χ4n) is 2.47. The van der Waals surface area contributed by atoms with Gasteiger partial charge in [0.1, 0.15) is 13.1 Å². The molecule has 0 atom stereocenters. The molecule has 1 heterocycles. The summed E-state index contributed by atoms with van der Waals surface area (Å²) in [6.45, 7) is 1.80. The minimum absolute atomic E-state index is 0.102. The van der Waals surface area contributed by atoms with Gasteiger partial charge in [0.05, 0.1) is 6.54 Å². The first kappa shape index (κ1) is 13.1. The van der Waals surface area contributed by atoms with E-state index in [4.69, 9.17) is 0 Å². The normalized spacial score (nSPS) is 19.1. The van der Waals surface area contributed by atoms with Crippen LogP contribution < -0.4 is 10.5 Å². The lowest BCUT2D eigenvalue weighted by atomic mass is 10.2. The molecule has 2 rings (SSSR count). The van der Waals surface area contributed by atoms with E-state index in [2.05, 4.69) is 5.43 Å². The zero-order valence-electron chi connectivity index (χ0n) is 10.6. The zero-order chi connectivity index (χ0) is 12.8. The summed E-state index contributed by atoms with van der Waals surface area (Å²) in [6.07, 6.45) is 3.10. The summed E-state index contributed by atoms with van der Waals surface area (Å²) >= 11 is 0. The number of hydrogen-bond donors (Lipinski definition) is 1. The van der Waals surface area contributed by atoms with Crippen LogP contribution in [0.4, 0.5) is 4.79 Å². The third-order valence-corrected chi connectivity index (χ3v) is 3.61. The Kier molecular flexibility index (Phi) is 4.33. The van der Waals surface area contributed by atoms with Gasteiger partial charge in [0.15, 0.2) is 0 Å². The van der Waals surface area contributed by atoms with Gasteiger partial charge in [-0.15, -0.1) is 0 Å². The van der Waals surface area contributed by atoms with E-state index < -0.39 is 6.09 Å². The summed E-state index contributed by atoms with van der Waals surface area (Å²) in [5, 5.41) is 11.4. The molecule has 1 aromatic carbocycles. The van der Waals surface area contributed by atoms with Crippen molar-refractivity contribution in [2.45, 2.75) is 32.2 Å². The summed E-state index contributed by atoms with van der Waals surface area (Å²) in [4.78, 5) is 11.4. The molecular formula is C14H20N2O2. The van der Waals surface area contributed by atoms with Gasteiger partial charge in [-0.2, -0.15) is 10.0 Å². The van der Waals surface area contributed by atoms with Gasteiger partial charge in [-0.1, -0.05) is 30.3 Å². The highest BCUT2D eigenvalue weighted by molar-refractivity contribution is 5.53. The minimum Gasteiger partial charge on any atom is -0.497 e. The van der Waals surface area contributed by atoms with Crippen molar-refractivity contribution in [1.82, 2.24) is 5.43 Å². The Morgan fingerprint density at radius 3 is 2.28 bits per heavy atom. The minimum atomic E-state index is -1.01. The quantitative estimate of drug-likeness (QED) is 0.823. The molecule has 98 valence electrons. The maximum Gasteiger partial charge on any atom is 0.277 e. The number of rotatable bonds is 3. The zero-order valence-corrected chi connectivity index (χ0v) is 10.6. The largest absolute Gasteiger partial charge is 0.497 e. The maximum atomic E-state index is 11.4. The van der Waals surface area contributed by atoms with Crippen molar-refractivity contribution in [2.75, 3.05) is 13.1 Å². The van der Waals surface area contributed by atoms with Gasteiger partial charge >= 0.3 is 0 Å². The second-order valence-corrected chi connectivity index (χ2v) is 4.92. The number of nitrogens with one attached hydrogen (secondary N) is 1. The Bertz CT molecular complexity index is 384. The molecule has 4 nitrogen and oxygen atoms in total. The van der Waals surface area contributed by atoms with E-state index in [0.717, 1.165) is 31.2 Å². The molecular weight excluding hydrogens is 228 g/mol. The van der Waals surface area contributed by atoms with E-state index in [1.807, 2.05) is 30.3 Å². The highest BCUT2D eigenvalue weighted by Gasteiger charge is 2.31. The number of nitrogens with zero attached hydrogens (tertiary/aromatic N) is 1. The summed E-state index contributed by atoms with van der Waals surface area (Å²) in [6, 6.07) is 9.87. The van der Waals surface area contributed by atoms with Gasteiger partial charge in [-0.3, -0.25) is 0 Å². The second-order valence-electron chi connectivity index (χ2n) is 4.92. The molecule has 18 heavy (non-hydrogen) atoms. The summed E-state index contributed by atoms with van der Waals surface area (Å²) in [7, 11) is 0. The van der Waals surface area contributed by atoms with Crippen molar-refractivity contribution >= 4 is 6.09 Å². The third-order valence-electron chi connectivity index (χ3n) is 3.61. The van der Waals surface area contributed by atoms with Crippen LogP contribution in [-0.4, -0.2) is 23.8 Å². The van der Waals surface area contributed by atoms with Crippen molar-refractivity contribution in [2.24, 2.45) is 0 Å². The molecule has 0 aliphatic carbocycles. The highest BCUT2D eigenvalue weighted by Crippen LogP contribution is 2.16. The third kappa shape index (κ3) is 3.09. The number of carbonyl (C=O) groups excluding carboxylic acids is 1. The molecule has 0 saturated carbocycles. The fraction of sp³-hybridized carbons (Fsp3) is 0.500. The van der Waals surface area contributed by atoms with Crippen molar-refractivity contribution < 1.29 is 14.5 Å². The molecule has 1 aromatic rings. The standard InChI is InChI=1S/C14H20N2O2/c17-14(18)16(10-6-1-2-7-11-16)15-12-13-8-4-3-5-9-13/h3-5,8-9,15H,1-2,6-7,10-12H2. The Labute approximate surface area is 108 Å². The van der Waals surface area contributed by atoms with E-state index in [9.17, 15) is 9.90 Å². The molecule has 0 unspecified atom stereocenters. The first-order valence-electron chi connectivity index (χ1n) is 6.61. The van der Waals surface area contributed by atoms with Gasteiger partial charge in [0, 0.05) is 0 Å². The molecule has 0 bridgehead atoms. The van der Waals surface area contributed by atoms with Gasteiger partial charge in [-0.25, -0.2) is 0 Å². The van der Waals surface area contributed by atoms with Gasteiger partial charge in [0.2, 0.25) is 0 Å². The average molecular weight is 248 g/mol. The van der Waals surface area contributed by atoms with Crippen LogP contribution in [0.2, 0.25) is 0 Å². The van der Waals surface area contributed by atoms with Crippen molar-refractivity contribution in [3.8, 4) is 0 Å². The van der Waals surface area contributed by atoms with E-state index in [1.54, 1.807) is 0 Å². The van der Waals surface area contributed by atoms with Crippen LogP contribution >= 0.6 is 0 Å². The van der Waals surface area contributed by atoms with Crippen LogP contribution in [0.15, 0.2) is 30.3 Å². The van der Waals surface area contributed by atoms with Crippen LogP contribution in [0.1, 0.15) is 31.2 Å². The van der Waals surface area contributed by atoms with Crippen LogP contribution in [0, 0.1) is 0 Å². The monoisotopic (exact) mass is 248 g/mol. The summed E-state index contributed by atoms with van der Waals surface area (Å²) < 4.78 is -0.102. The van der Waals surface area contributed by atoms with Gasteiger partial charge in [-0.05, 0) is 31.2 Å². The van der Waals surface area contributed by atoms with Crippen molar-refractivity contribution in [3.05, 3.63) is 35.9 Å².